The molecule has 0 bridgehead atoms. The van der Waals surface area contributed by atoms with Crippen LogP contribution >= 0.6 is 15.9 Å². The second kappa shape index (κ2) is 5.46. The molecule has 0 spiro atoms. The molecule has 0 radical (unpaired) electrons. The molecule has 4 heteroatoms. The van der Waals surface area contributed by atoms with Crippen molar-refractivity contribution in [2.75, 3.05) is 6.61 Å². The number of carbonyl (C=O) groups excluding carboxylic acids is 1. The molecule has 1 amide bonds. The SMILES string of the molecule is CC(C)(Br)C(=O)N[C@@H](CO)c1ccccc1. The minimum absolute atomic E-state index is 0.112. The average Bonchev–Trinajstić information content (AvgIpc) is 2.25. The van der Waals surface area contributed by atoms with Gasteiger partial charge >= 0.3 is 0 Å². The van der Waals surface area contributed by atoms with Crippen LogP contribution in [0.25, 0.3) is 0 Å². The van der Waals surface area contributed by atoms with E-state index in [0.29, 0.717) is 0 Å². The van der Waals surface area contributed by atoms with Crippen LogP contribution in [0.4, 0.5) is 0 Å². The molecule has 3 nitrogen and oxygen atoms in total. The number of carbonyl (C=O) groups is 1. The predicted octanol–water partition coefficient (Wildman–Crippen LogP) is 2.01. The number of hydrogen-bond donors (Lipinski definition) is 2. The van der Waals surface area contributed by atoms with Gasteiger partial charge in [-0.3, -0.25) is 4.79 Å². The van der Waals surface area contributed by atoms with Gasteiger partial charge in [0, 0.05) is 0 Å². The third-order valence-corrected chi connectivity index (χ3v) is 2.59. The zero-order chi connectivity index (χ0) is 12.2. The van der Waals surface area contributed by atoms with E-state index in [1.807, 2.05) is 30.3 Å². The van der Waals surface area contributed by atoms with Crippen molar-refractivity contribution in [1.82, 2.24) is 5.32 Å². The fourth-order valence-electron chi connectivity index (χ4n) is 1.25. The predicted molar refractivity (Wildman–Crippen MR) is 67.4 cm³/mol. The summed E-state index contributed by atoms with van der Waals surface area (Å²) in [6.07, 6.45) is 0. The van der Waals surface area contributed by atoms with Crippen LogP contribution in [-0.2, 0) is 4.79 Å². The molecule has 0 aliphatic rings. The van der Waals surface area contributed by atoms with Crippen LogP contribution in [0.15, 0.2) is 30.3 Å². The van der Waals surface area contributed by atoms with Crippen molar-refractivity contribution in [3.8, 4) is 0 Å². The lowest BCUT2D eigenvalue weighted by atomic mass is 10.1. The topological polar surface area (TPSA) is 49.3 Å². The van der Waals surface area contributed by atoms with Gasteiger partial charge in [-0.2, -0.15) is 0 Å². The molecule has 0 aliphatic carbocycles. The van der Waals surface area contributed by atoms with Crippen LogP contribution < -0.4 is 5.32 Å². The van der Waals surface area contributed by atoms with Crippen LogP contribution in [0.1, 0.15) is 25.5 Å². The van der Waals surface area contributed by atoms with E-state index in [2.05, 4.69) is 21.2 Å². The Morgan fingerprint density at radius 2 is 2.00 bits per heavy atom. The zero-order valence-electron chi connectivity index (χ0n) is 9.40. The van der Waals surface area contributed by atoms with E-state index in [1.165, 1.54) is 0 Å². The Kier molecular flexibility index (Phi) is 4.50. The summed E-state index contributed by atoms with van der Waals surface area (Å²) < 4.78 is -0.630. The molecule has 0 saturated carbocycles. The van der Waals surface area contributed by atoms with Gasteiger partial charge in [0.15, 0.2) is 0 Å². The molecule has 1 atom stereocenters. The maximum Gasteiger partial charge on any atom is 0.236 e. The van der Waals surface area contributed by atoms with E-state index >= 15 is 0 Å². The van der Waals surface area contributed by atoms with Gasteiger partial charge in [0.05, 0.1) is 17.0 Å². The third kappa shape index (κ3) is 3.61. The lowest BCUT2D eigenvalue weighted by Gasteiger charge is -2.22. The summed E-state index contributed by atoms with van der Waals surface area (Å²) in [7, 11) is 0. The third-order valence-electron chi connectivity index (χ3n) is 2.23. The Balaban J connectivity index is 2.75. The number of halogens is 1. The number of rotatable bonds is 4. The molecule has 2 N–H and O–H groups in total. The zero-order valence-corrected chi connectivity index (χ0v) is 11.0. The van der Waals surface area contributed by atoms with Gasteiger partial charge in [0.25, 0.3) is 0 Å². The lowest BCUT2D eigenvalue weighted by Crippen LogP contribution is -2.40. The molecule has 0 aliphatic heterocycles. The second-order valence-corrected chi connectivity index (χ2v) is 6.07. The van der Waals surface area contributed by atoms with E-state index < -0.39 is 4.32 Å². The standard InChI is InChI=1S/C12H16BrNO2/c1-12(2,13)11(16)14-10(8-15)9-6-4-3-5-7-9/h3-7,10,15H,8H2,1-2H3,(H,14,16)/t10-/m0/s1. The van der Waals surface area contributed by atoms with Gasteiger partial charge in [-0.05, 0) is 19.4 Å². The number of aliphatic hydroxyl groups is 1. The first-order valence-electron chi connectivity index (χ1n) is 5.11. The van der Waals surface area contributed by atoms with Crippen molar-refractivity contribution in [3.05, 3.63) is 35.9 Å². The summed E-state index contributed by atoms with van der Waals surface area (Å²) in [5.41, 5.74) is 0.898. The number of nitrogens with one attached hydrogen (secondary N) is 1. The number of amides is 1. The number of aliphatic hydroxyl groups excluding tert-OH is 1. The van der Waals surface area contributed by atoms with Gasteiger partial charge in [-0.1, -0.05) is 46.3 Å². The van der Waals surface area contributed by atoms with Gasteiger partial charge in [0.2, 0.25) is 5.91 Å². The van der Waals surface area contributed by atoms with Gasteiger partial charge < -0.3 is 10.4 Å². The maximum atomic E-state index is 11.7. The molecule has 1 aromatic carbocycles. The van der Waals surface area contributed by atoms with Crippen molar-refractivity contribution in [1.29, 1.82) is 0 Å². The van der Waals surface area contributed by atoms with Crippen LogP contribution in [0, 0.1) is 0 Å². The Bertz CT molecular complexity index is 346. The largest absolute Gasteiger partial charge is 0.394 e. The average molecular weight is 286 g/mol. The molecular formula is C12H16BrNO2. The fraction of sp³-hybridized carbons (Fsp3) is 0.417. The van der Waals surface area contributed by atoms with Gasteiger partial charge in [0.1, 0.15) is 0 Å². The molecular weight excluding hydrogens is 270 g/mol. The second-order valence-electron chi connectivity index (χ2n) is 4.09. The molecule has 0 fully saturated rings. The van der Waals surface area contributed by atoms with Crippen LogP contribution in [-0.4, -0.2) is 21.9 Å². The van der Waals surface area contributed by atoms with Crippen molar-refractivity contribution < 1.29 is 9.90 Å². The Labute approximate surface area is 104 Å². The number of benzene rings is 1. The van der Waals surface area contributed by atoms with Crippen molar-refractivity contribution in [2.24, 2.45) is 0 Å². The summed E-state index contributed by atoms with van der Waals surface area (Å²) in [6.45, 7) is 3.42. The normalized spacial score (nSPS) is 13.2. The molecule has 1 rings (SSSR count). The maximum absolute atomic E-state index is 11.7. The fourth-order valence-corrected chi connectivity index (χ4v) is 1.36. The monoisotopic (exact) mass is 285 g/mol. The highest BCUT2D eigenvalue weighted by Gasteiger charge is 2.26. The van der Waals surface area contributed by atoms with Crippen molar-refractivity contribution in [3.63, 3.8) is 0 Å². The van der Waals surface area contributed by atoms with Gasteiger partial charge in [-0.25, -0.2) is 0 Å². The van der Waals surface area contributed by atoms with Crippen LogP contribution in [0.5, 0.6) is 0 Å². The van der Waals surface area contributed by atoms with E-state index in [0.717, 1.165) is 5.56 Å². The summed E-state index contributed by atoms with van der Waals surface area (Å²) in [5.74, 6) is -0.143. The quantitative estimate of drug-likeness (QED) is 0.832. The van der Waals surface area contributed by atoms with E-state index in [-0.39, 0.29) is 18.6 Å². The molecule has 1 aromatic rings. The molecule has 0 unspecified atom stereocenters. The first-order chi connectivity index (χ1) is 7.45. The lowest BCUT2D eigenvalue weighted by molar-refractivity contribution is -0.123. The molecule has 88 valence electrons. The number of hydrogen-bond acceptors (Lipinski definition) is 2. The Morgan fingerprint density at radius 3 is 2.44 bits per heavy atom. The Hall–Kier alpha value is -0.870. The van der Waals surface area contributed by atoms with Crippen molar-refractivity contribution >= 4 is 21.8 Å². The highest BCUT2D eigenvalue weighted by atomic mass is 79.9. The molecule has 0 aromatic heterocycles. The van der Waals surface area contributed by atoms with E-state index in [9.17, 15) is 9.90 Å². The van der Waals surface area contributed by atoms with Crippen LogP contribution in [0.3, 0.4) is 0 Å². The van der Waals surface area contributed by atoms with Gasteiger partial charge in [-0.15, -0.1) is 0 Å². The summed E-state index contributed by atoms with van der Waals surface area (Å²) >= 11 is 3.28. The summed E-state index contributed by atoms with van der Waals surface area (Å²) in [5, 5.41) is 12.1. The van der Waals surface area contributed by atoms with Crippen molar-refractivity contribution in [2.45, 2.75) is 24.2 Å². The number of alkyl halides is 1. The smallest absolute Gasteiger partial charge is 0.236 e. The molecule has 16 heavy (non-hydrogen) atoms. The first kappa shape index (κ1) is 13.2. The highest BCUT2D eigenvalue weighted by molar-refractivity contribution is 9.10. The van der Waals surface area contributed by atoms with E-state index in [4.69, 9.17) is 0 Å². The first-order valence-corrected chi connectivity index (χ1v) is 5.90. The molecule has 0 heterocycles. The summed E-state index contributed by atoms with van der Waals surface area (Å²) in [4.78, 5) is 11.7. The minimum Gasteiger partial charge on any atom is -0.394 e. The Morgan fingerprint density at radius 1 is 1.44 bits per heavy atom. The van der Waals surface area contributed by atoms with E-state index in [1.54, 1.807) is 13.8 Å². The summed E-state index contributed by atoms with van der Waals surface area (Å²) in [6, 6.07) is 9.05. The molecule has 0 saturated heterocycles. The highest BCUT2D eigenvalue weighted by Crippen LogP contribution is 2.19. The minimum atomic E-state index is -0.630. The van der Waals surface area contributed by atoms with Crippen LogP contribution in [0.2, 0.25) is 0 Å².